The third-order valence-corrected chi connectivity index (χ3v) is 5.36. The lowest BCUT2D eigenvalue weighted by Gasteiger charge is -2.40. The molecule has 10 heteroatoms. The van der Waals surface area contributed by atoms with E-state index in [9.17, 15) is 4.79 Å². The Bertz CT molecular complexity index is 1350. The van der Waals surface area contributed by atoms with Crippen LogP contribution >= 0.6 is 0 Å². The Kier molecular flexibility index (Phi) is 6.24. The molecule has 0 saturated carbocycles. The predicted octanol–water partition coefficient (Wildman–Crippen LogP) is 4.67. The largest absolute Gasteiger partial charge is 0.456 e. The summed E-state index contributed by atoms with van der Waals surface area (Å²) in [6, 6.07) is 17.0. The number of rotatable bonds is 6. The van der Waals surface area contributed by atoms with Crippen molar-refractivity contribution in [2.75, 3.05) is 23.3 Å². The van der Waals surface area contributed by atoms with Crippen LogP contribution in [0.2, 0.25) is 0 Å². The van der Waals surface area contributed by atoms with Gasteiger partial charge in [0.1, 0.15) is 40.6 Å². The maximum Gasteiger partial charge on any atom is 0.407 e. The van der Waals surface area contributed by atoms with E-state index < -0.39 is 11.7 Å². The van der Waals surface area contributed by atoms with E-state index >= 15 is 0 Å². The van der Waals surface area contributed by atoms with Gasteiger partial charge in [-0.1, -0.05) is 18.2 Å². The normalized spacial score (nSPS) is 13.7. The van der Waals surface area contributed by atoms with Crippen LogP contribution in [0.1, 0.15) is 20.8 Å². The van der Waals surface area contributed by atoms with Gasteiger partial charge in [0.2, 0.25) is 0 Å². The number of para-hydroxylation sites is 1. The molecule has 4 aromatic rings. The Hall–Kier alpha value is -4.47. The lowest BCUT2D eigenvalue weighted by Crippen LogP contribution is -2.60. The smallest absolute Gasteiger partial charge is 0.407 e. The number of carbonyl (C=O) groups excluding carboxylic acids is 1. The number of nitrogens with one attached hydrogen (secondary N) is 2. The molecule has 0 unspecified atom stereocenters. The molecule has 1 saturated heterocycles. The van der Waals surface area contributed by atoms with Gasteiger partial charge in [0.25, 0.3) is 0 Å². The lowest BCUT2D eigenvalue weighted by molar-refractivity contribution is 0.0496. The van der Waals surface area contributed by atoms with Crippen molar-refractivity contribution in [3.63, 3.8) is 0 Å². The molecule has 1 fully saturated rings. The fourth-order valence-electron chi connectivity index (χ4n) is 3.69. The van der Waals surface area contributed by atoms with Crippen molar-refractivity contribution in [3.05, 3.63) is 67.1 Å². The maximum absolute atomic E-state index is 12.0. The number of hydrogen-bond acceptors (Lipinski definition) is 9. The molecule has 1 amide bonds. The number of alkyl carbamates (subject to hydrolysis) is 1. The molecule has 1 aliphatic rings. The van der Waals surface area contributed by atoms with E-state index in [1.165, 1.54) is 6.33 Å². The molecule has 0 atom stereocenters. The average Bonchev–Trinajstić information content (AvgIpc) is 2.82. The molecular formula is C26H27N7O3. The van der Waals surface area contributed by atoms with Crippen molar-refractivity contribution in [1.82, 2.24) is 25.3 Å². The summed E-state index contributed by atoms with van der Waals surface area (Å²) in [4.78, 5) is 32.0. The minimum Gasteiger partial charge on any atom is -0.456 e. The maximum atomic E-state index is 12.0. The molecule has 10 nitrogen and oxygen atoms in total. The van der Waals surface area contributed by atoms with Gasteiger partial charge in [0.15, 0.2) is 5.82 Å². The van der Waals surface area contributed by atoms with E-state index in [4.69, 9.17) is 14.5 Å². The second-order valence-corrected chi connectivity index (χ2v) is 9.43. The molecule has 5 rings (SSSR count). The number of nitrogens with zero attached hydrogens (tertiary/aromatic N) is 5. The number of amides is 1. The van der Waals surface area contributed by atoms with Gasteiger partial charge >= 0.3 is 6.09 Å². The fraction of sp³-hybridized carbons (Fsp3) is 0.269. The van der Waals surface area contributed by atoms with Gasteiger partial charge in [-0.15, -0.1) is 0 Å². The van der Waals surface area contributed by atoms with Gasteiger partial charge in [-0.2, -0.15) is 0 Å². The molecule has 0 radical (unpaired) electrons. The molecule has 0 bridgehead atoms. The van der Waals surface area contributed by atoms with Gasteiger partial charge < -0.3 is 25.0 Å². The number of aromatic nitrogens is 4. The quantitative estimate of drug-likeness (QED) is 0.402. The van der Waals surface area contributed by atoms with Gasteiger partial charge in [-0.25, -0.2) is 24.7 Å². The predicted molar refractivity (Wildman–Crippen MR) is 137 cm³/mol. The number of hydrogen-bond donors (Lipinski definition) is 2. The van der Waals surface area contributed by atoms with Crippen molar-refractivity contribution in [2.24, 2.45) is 0 Å². The highest BCUT2D eigenvalue weighted by molar-refractivity contribution is 5.87. The highest BCUT2D eigenvalue weighted by atomic mass is 16.6. The van der Waals surface area contributed by atoms with E-state index in [0.717, 1.165) is 11.6 Å². The van der Waals surface area contributed by atoms with E-state index in [1.54, 1.807) is 6.20 Å². The number of pyridine rings is 2. The number of ether oxygens (including phenoxy) is 2. The number of carbonyl (C=O) groups is 1. The van der Waals surface area contributed by atoms with Crippen molar-refractivity contribution in [1.29, 1.82) is 0 Å². The van der Waals surface area contributed by atoms with Crippen LogP contribution in [-0.2, 0) is 4.74 Å². The first-order valence-corrected chi connectivity index (χ1v) is 11.6. The first-order valence-electron chi connectivity index (χ1n) is 11.6. The van der Waals surface area contributed by atoms with E-state index in [-0.39, 0.29) is 6.04 Å². The summed E-state index contributed by atoms with van der Waals surface area (Å²) in [6.07, 6.45) is 2.73. The van der Waals surface area contributed by atoms with E-state index in [0.29, 0.717) is 41.5 Å². The van der Waals surface area contributed by atoms with Crippen molar-refractivity contribution >= 4 is 34.6 Å². The summed E-state index contributed by atoms with van der Waals surface area (Å²) in [5, 5.41) is 6.11. The number of fused-ring (bicyclic) bond motifs is 1. The Balaban J connectivity index is 1.25. The number of benzene rings is 1. The van der Waals surface area contributed by atoms with E-state index in [1.807, 2.05) is 75.4 Å². The highest BCUT2D eigenvalue weighted by Gasteiger charge is 2.30. The minimum atomic E-state index is -0.527. The van der Waals surface area contributed by atoms with Crippen LogP contribution in [-0.4, -0.2) is 50.8 Å². The second kappa shape index (κ2) is 9.65. The Labute approximate surface area is 208 Å². The standard InChI is InChI=1S/C26H27N7O3/c1-26(2,3)36-25(34)30-17-14-33(15-17)22-12-10-20-23(32-22)24(29-16-28-20)31-21-11-9-19(13-27-21)35-18-7-5-4-6-8-18/h4-13,16-17H,14-15H2,1-3H3,(H,30,34)(H,27,28,29,31). The van der Waals surface area contributed by atoms with Gasteiger partial charge in [-0.05, 0) is 57.2 Å². The monoisotopic (exact) mass is 485 g/mol. The Morgan fingerprint density at radius 3 is 2.50 bits per heavy atom. The molecule has 4 heterocycles. The van der Waals surface area contributed by atoms with Crippen LogP contribution in [0.15, 0.2) is 67.1 Å². The zero-order chi connectivity index (χ0) is 25.1. The third kappa shape index (κ3) is 5.60. The molecule has 2 N–H and O–H groups in total. The summed E-state index contributed by atoms with van der Waals surface area (Å²) in [5.41, 5.74) is 0.815. The van der Waals surface area contributed by atoms with Crippen molar-refractivity contribution < 1.29 is 14.3 Å². The number of anilines is 3. The van der Waals surface area contributed by atoms with Gasteiger partial charge in [0.05, 0.1) is 17.8 Å². The third-order valence-electron chi connectivity index (χ3n) is 5.36. The summed E-state index contributed by atoms with van der Waals surface area (Å²) >= 11 is 0. The van der Waals surface area contributed by atoms with Crippen LogP contribution in [0.3, 0.4) is 0 Å². The first kappa shape index (κ1) is 23.3. The molecule has 184 valence electrons. The summed E-state index contributed by atoms with van der Waals surface area (Å²) in [6.45, 7) is 6.80. The van der Waals surface area contributed by atoms with Crippen molar-refractivity contribution in [2.45, 2.75) is 32.4 Å². The molecular weight excluding hydrogens is 458 g/mol. The average molecular weight is 486 g/mol. The molecule has 1 aliphatic heterocycles. The first-order chi connectivity index (χ1) is 17.3. The van der Waals surface area contributed by atoms with Crippen LogP contribution in [0.5, 0.6) is 11.5 Å². The molecule has 36 heavy (non-hydrogen) atoms. The zero-order valence-corrected chi connectivity index (χ0v) is 20.3. The van der Waals surface area contributed by atoms with Gasteiger partial charge in [-0.3, -0.25) is 0 Å². The van der Waals surface area contributed by atoms with Crippen LogP contribution in [0, 0.1) is 0 Å². The van der Waals surface area contributed by atoms with Crippen LogP contribution < -0.4 is 20.3 Å². The van der Waals surface area contributed by atoms with E-state index in [2.05, 4.69) is 30.5 Å². The molecule has 0 aliphatic carbocycles. The fourth-order valence-corrected chi connectivity index (χ4v) is 3.69. The van der Waals surface area contributed by atoms with Crippen molar-refractivity contribution in [3.8, 4) is 11.5 Å². The summed E-state index contributed by atoms with van der Waals surface area (Å²) in [7, 11) is 0. The van der Waals surface area contributed by atoms with Gasteiger partial charge in [0, 0.05) is 13.1 Å². The second-order valence-electron chi connectivity index (χ2n) is 9.43. The molecule has 0 spiro atoms. The summed E-state index contributed by atoms with van der Waals surface area (Å²) in [5.74, 6) is 3.31. The summed E-state index contributed by atoms with van der Waals surface area (Å²) < 4.78 is 11.1. The lowest BCUT2D eigenvalue weighted by atomic mass is 10.1. The topological polar surface area (TPSA) is 114 Å². The van der Waals surface area contributed by atoms with Crippen LogP contribution in [0.4, 0.5) is 22.2 Å². The molecule has 3 aromatic heterocycles. The SMILES string of the molecule is CC(C)(C)OC(=O)NC1CN(c2ccc3ncnc(Nc4ccc(Oc5ccccc5)cn4)c3n2)C1. The minimum absolute atomic E-state index is 0.00258. The zero-order valence-electron chi connectivity index (χ0n) is 20.3. The molecule has 1 aromatic carbocycles. The van der Waals surface area contributed by atoms with Crippen LogP contribution in [0.25, 0.3) is 11.0 Å². The highest BCUT2D eigenvalue weighted by Crippen LogP contribution is 2.27. The Morgan fingerprint density at radius 2 is 1.78 bits per heavy atom. The Morgan fingerprint density at radius 1 is 0.972 bits per heavy atom.